The summed E-state index contributed by atoms with van der Waals surface area (Å²) < 4.78 is 5.19. The molecule has 0 fully saturated rings. The van der Waals surface area contributed by atoms with Crippen LogP contribution in [0.15, 0.2) is 60.7 Å². The predicted molar refractivity (Wildman–Crippen MR) is 107 cm³/mol. The van der Waals surface area contributed by atoms with Gasteiger partial charge in [0.2, 0.25) is 0 Å². The second kappa shape index (κ2) is 9.70. The molecule has 0 bridgehead atoms. The van der Waals surface area contributed by atoms with Gasteiger partial charge in [-0.3, -0.25) is 9.59 Å². The highest BCUT2D eigenvalue weighted by Gasteiger charge is 2.30. The van der Waals surface area contributed by atoms with Gasteiger partial charge in [0.15, 0.2) is 6.61 Å². The van der Waals surface area contributed by atoms with E-state index in [2.05, 4.69) is 11.4 Å². The van der Waals surface area contributed by atoms with Crippen molar-refractivity contribution in [1.29, 1.82) is 5.26 Å². The topological polar surface area (TPSA) is 79.2 Å². The Morgan fingerprint density at radius 2 is 1.54 bits per heavy atom. The number of carbonyl (C=O) groups excluding carboxylic acids is 2. The molecule has 28 heavy (non-hydrogen) atoms. The zero-order valence-electron chi connectivity index (χ0n) is 16.5. The molecule has 0 aliphatic rings. The van der Waals surface area contributed by atoms with Gasteiger partial charge in [-0.1, -0.05) is 74.5 Å². The van der Waals surface area contributed by atoms with E-state index in [4.69, 9.17) is 4.74 Å². The fraction of sp³-hybridized carbons (Fsp3) is 0.348. The summed E-state index contributed by atoms with van der Waals surface area (Å²) in [6.45, 7) is 4.94. The standard InChI is InChI=1S/C23H26N2O3/c1-17(2)23(3,16-24)25-21(26)15-28-22(27)14-20(18-10-6-4-7-11-18)19-12-8-5-9-13-19/h4-13,17,20H,14-15H2,1-3H3,(H,25,26)/t23-/m1/s1. The molecular formula is C23H26N2O3. The van der Waals surface area contributed by atoms with Gasteiger partial charge < -0.3 is 10.1 Å². The van der Waals surface area contributed by atoms with Crippen LogP contribution in [0.1, 0.15) is 44.2 Å². The molecule has 2 aromatic rings. The molecule has 146 valence electrons. The minimum atomic E-state index is -1.000. The first-order chi connectivity index (χ1) is 13.4. The summed E-state index contributed by atoms with van der Waals surface area (Å²) in [4.78, 5) is 24.5. The Balaban J connectivity index is 2.01. The lowest BCUT2D eigenvalue weighted by Gasteiger charge is -2.27. The van der Waals surface area contributed by atoms with Crippen LogP contribution in [-0.4, -0.2) is 24.0 Å². The molecule has 0 saturated heterocycles. The van der Waals surface area contributed by atoms with Gasteiger partial charge in [-0.05, 0) is 24.0 Å². The Bertz CT molecular complexity index is 788. The van der Waals surface area contributed by atoms with Crippen molar-refractivity contribution >= 4 is 11.9 Å². The van der Waals surface area contributed by atoms with E-state index in [0.717, 1.165) is 11.1 Å². The minimum absolute atomic E-state index is 0.0716. The Hall–Kier alpha value is -3.13. The zero-order chi connectivity index (χ0) is 20.6. The molecule has 0 spiro atoms. The average molecular weight is 378 g/mol. The summed E-state index contributed by atoms with van der Waals surface area (Å²) in [6.07, 6.45) is 0.126. The predicted octanol–water partition coefficient (Wildman–Crippen LogP) is 3.81. The number of nitrogens with one attached hydrogen (secondary N) is 1. The molecule has 0 unspecified atom stereocenters. The van der Waals surface area contributed by atoms with Gasteiger partial charge in [-0.2, -0.15) is 5.26 Å². The summed E-state index contributed by atoms with van der Waals surface area (Å²) in [5.41, 5.74) is 1.01. The van der Waals surface area contributed by atoms with Crippen molar-refractivity contribution in [1.82, 2.24) is 5.32 Å². The summed E-state index contributed by atoms with van der Waals surface area (Å²) in [5.74, 6) is -1.17. The van der Waals surface area contributed by atoms with E-state index in [0.29, 0.717) is 0 Å². The van der Waals surface area contributed by atoms with Crippen LogP contribution in [-0.2, 0) is 14.3 Å². The highest BCUT2D eigenvalue weighted by Crippen LogP contribution is 2.28. The van der Waals surface area contributed by atoms with Gasteiger partial charge in [-0.25, -0.2) is 0 Å². The van der Waals surface area contributed by atoms with Gasteiger partial charge in [0, 0.05) is 5.92 Å². The highest BCUT2D eigenvalue weighted by atomic mass is 16.5. The molecule has 1 N–H and O–H groups in total. The van der Waals surface area contributed by atoms with Crippen LogP contribution >= 0.6 is 0 Å². The molecule has 1 atom stereocenters. The molecule has 0 aliphatic carbocycles. The number of esters is 1. The van der Waals surface area contributed by atoms with E-state index in [9.17, 15) is 14.9 Å². The molecule has 0 aromatic heterocycles. The molecule has 2 aromatic carbocycles. The Labute approximate surface area is 166 Å². The monoisotopic (exact) mass is 378 g/mol. The number of rotatable bonds is 8. The average Bonchev–Trinajstić information content (AvgIpc) is 2.71. The number of nitrogens with zero attached hydrogens (tertiary/aromatic N) is 1. The van der Waals surface area contributed by atoms with E-state index in [1.807, 2.05) is 74.5 Å². The van der Waals surface area contributed by atoms with Crippen molar-refractivity contribution in [3.63, 3.8) is 0 Å². The molecule has 2 rings (SSSR count). The Kier molecular flexibility index (Phi) is 7.34. The molecule has 0 heterocycles. The molecular weight excluding hydrogens is 352 g/mol. The second-order valence-electron chi connectivity index (χ2n) is 7.26. The summed E-state index contributed by atoms with van der Waals surface area (Å²) in [5, 5.41) is 11.9. The maximum atomic E-state index is 12.4. The van der Waals surface area contributed by atoms with Crippen LogP contribution in [0.4, 0.5) is 0 Å². The molecule has 5 heteroatoms. The maximum Gasteiger partial charge on any atom is 0.307 e. The van der Waals surface area contributed by atoms with E-state index >= 15 is 0 Å². The van der Waals surface area contributed by atoms with Crippen LogP contribution in [0.25, 0.3) is 0 Å². The lowest BCUT2D eigenvalue weighted by Crippen LogP contribution is -2.50. The number of amides is 1. The van der Waals surface area contributed by atoms with Crippen LogP contribution < -0.4 is 5.32 Å². The lowest BCUT2D eigenvalue weighted by atomic mass is 9.88. The first-order valence-corrected chi connectivity index (χ1v) is 9.33. The molecule has 0 saturated carbocycles. The number of carbonyl (C=O) groups is 2. The smallest absolute Gasteiger partial charge is 0.307 e. The quantitative estimate of drug-likeness (QED) is 0.709. The minimum Gasteiger partial charge on any atom is -0.456 e. The van der Waals surface area contributed by atoms with Gasteiger partial charge in [-0.15, -0.1) is 0 Å². The summed E-state index contributed by atoms with van der Waals surface area (Å²) in [7, 11) is 0. The van der Waals surface area contributed by atoms with Crippen LogP contribution in [0, 0.1) is 17.2 Å². The van der Waals surface area contributed by atoms with E-state index < -0.39 is 24.0 Å². The number of benzene rings is 2. The van der Waals surface area contributed by atoms with E-state index in [1.54, 1.807) is 6.92 Å². The van der Waals surface area contributed by atoms with Gasteiger partial charge >= 0.3 is 5.97 Å². The fourth-order valence-corrected chi connectivity index (χ4v) is 2.80. The second-order valence-corrected chi connectivity index (χ2v) is 7.26. The van der Waals surface area contributed by atoms with Gasteiger partial charge in [0.1, 0.15) is 5.54 Å². The molecule has 1 amide bonds. The molecule has 5 nitrogen and oxygen atoms in total. The Morgan fingerprint density at radius 3 is 1.96 bits per heavy atom. The zero-order valence-corrected chi connectivity index (χ0v) is 16.5. The van der Waals surface area contributed by atoms with E-state index in [-0.39, 0.29) is 18.3 Å². The van der Waals surface area contributed by atoms with Gasteiger partial charge in [0.05, 0.1) is 12.5 Å². The van der Waals surface area contributed by atoms with Crippen LogP contribution in [0.5, 0.6) is 0 Å². The Morgan fingerprint density at radius 1 is 1.04 bits per heavy atom. The first kappa shape index (κ1) is 21.2. The number of nitriles is 1. The van der Waals surface area contributed by atoms with Crippen molar-refractivity contribution in [3.05, 3.63) is 71.8 Å². The largest absolute Gasteiger partial charge is 0.456 e. The number of ether oxygens (including phenoxy) is 1. The van der Waals surface area contributed by atoms with Crippen molar-refractivity contribution in [2.24, 2.45) is 5.92 Å². The molecule has 0 radical (unpaired) electrons. The van der Waals surface area contributed by atoms with Crippen LogP contribution in [0.3, 0.4) is 0 Å². The van der Waals surface area contributed by atoms with Gasteiger partial charge in [0.25, 0.3) is 5.91 Å². The number of hydrogen-bond donors (Lipinski definition) is 1. The third-order valence-corrected chi connectivity index (χ3v) is 4.92. The van der Waals surface area contributed by atoms with Crippen molar-refractivity contribution in [3.8, 4) is 6.07 Å². The van der Waals surface area contributed by atoms with Crippen molar-refractivity contribution < 1.29 is 14.3 Å². The third-order valence-electron chi connectivity index (χ3n) is 4.92. The lowest BCUT2D eigenvalue weighted by molar-refractivity contribution is -0.149. The first-order valence-electron chi connectivity index (χ1n) is 9.33. The van der Waals surface area contributed by atoms with E-state index in [1.165, 1.54) is 0 Å². The SMILES string of the molecule is CC(C)[C@@](C)(C#N)NC(=O)COC(=O)CC(c1ccccc1)c1ccccc1. The highest BCUT2D eigenvalue weighted by molar-refractivity contribution is 5.81. The third kappa shape index (κ3) is 5.68. The fourth-order valence-electron chi connectivity index (χ4n) is 2.80. The molecule has 0 aliphatic heterocycles. The number of hydrogen-bond acceptors (Lipinski definition) is 4. The van der Waals surface area contributed by atoms with Crippen molar-refractivity contribution in [2.75, 3.05) is 6.61 Å². The normalized spacial score (nSPS) is 12.9. The van der Waals surface area contributed by atoms with Crippen molar-refractivity contribution in [2.45, 2.75) is 38.6 Å². The summed E-state index contributed by atoms with van der Waals surface area (Å²) in [6, 6.07) is 21.6. The van der Waals surface area contributed by atoms with Crippen LogP contribution in [0.2, 0.25) is 0 Å². The summed E-state index contributed by atoms with van der Waals surface area (Å²) >= 11 is 0. The maximum absolute atomic E-state index is 12.4.